The molecule has 0 radical (unpaired) electrons. The van der Waals surface area contributed by atoms with Gasteiger partial charge in [0.05, 0.1) is 13.2 Å². The number of hydrogen-bond acceptors (Lipinski definition) is 5. The number of nitrogens with one attached hydrogen (secondary N) is 1. The van der Waals surface area contributed by atoms with E-state index >= 15 is 0 Å². The van der Waals surface area contributed by atoms with Crippen molar-refractivity contribution in [1.29, 1.82) is 0 Å². The van der Waals surface area contributed by atoms with Crippen molar-refractivity contribution in [3.8, 4) is 0 Å². The lowest BCUT2D eigenvalue weighted by atomic mass is 10.3. The second-order valence-corrected chi connectivity index (χ2v) is 4.20. The van der Waals surface area contributed by atoms with Gasteiger partial charge in [-0.1, -0.05) is 13.8 Å². The third-order valence-electron chi connectivity index (χ3n) is 2.69. The molecule has 0 aromatic carbocycles. The number of likely N-dealkylation sites (N-methyl/N-ethyl adjacent to an activating group) is 1. The van der Waals surface area contributed by atoms with E-state index in [1.807, 2.05) is 0 Å². The van der Waals surface area contributed by atoms with Gasteiger partial charge in [-0.15, -0.1) is 0 Å². The quantitative estimate of drug-likeness (QED) is 0.441. The molecule has 0 saturated heterocycles. The molecule has 0 fully saturated rings. The Morgan fingerprint density at radius 2 is 1.94 bits per heavy atom. The summed E-state index contributed by atoms with van der Waals surface area (Å²) in [5.41, 5.74) is 0. The van der Waals surface area contributed by atoms with Crippen molar-refractivity contribution in [2.24, 2.45) is 0 Å². The summed E-state index contributed by atoms with van der Waals surface area (Å²) in [7, 11) is 0. The van der Waals surface area contributed by atoms with Crippen LogP contribution in [0.1, 0.15) is 27.7 Å². The van der Waals surface area contributed by atoms with Crippen molar-refractivity contribution in [1.82, 2.24) is 10.2 Å². The summed E-state index contributed by atoms with van der Waals surface area (Å²) < 4.78 is 9.97. The first-order valence-corrected chi connectivity index (χ1v) is 6.83. The van der Waals surface area contributed by atoms with Gasteiger partial charge in [-0.25, -0.2) is 4.79 Å². The van der Waals surface area contributed by atoms with E-state index in [1.54, 1.807) is 6.92 Å². The Labute approximate surface area is 111 Å². The Bertz CT molecular complexity index is 208. The van der Waals surface area contributed by atoms with Gasteiger partial charge in [0.15, 0.2) is 0 Å². The smallest absolute Gasteiger partial charge is 0.332 e. The third kappa shape index (κ3) is 9.39. The van der Waals surface area contributed by atoms with Crippen molar-refractivity contribution < 1.29 is 14.3 Å². The van der Waals surface area contributed by atoms with Gasteiger partial charge in [0.1, 0.15) is 6.61 Å². The molecule has 1 N–H and O–H groups in total. The van der Waals surface area contributed by atoms with Gasteiger partial charge in [-0.05, 0) is 26.9 Å². The van der Waals surface area contributed by atoms with E-state index in [9.17, 15) is 4.79 Å². The van der Waals surface area contributed by atoms with Crippen LogP contribution in [0, 0.1) is 0 Å². The number of carbonyl (C=O) groups excluding carboxylic acids is 1. The fourth-order valence-corrected chi connectivity index (χ4v) is 1.67. The zero-order valence-corrected chi connectivity index (χ0v) is 12.2. The van der Waals surface area contributed by atoms with Crippen LogP contribution in [0.4, 0.5) is 0 Å². The van der Waals surface area contributed by atoms with Gasteiger partial charge in [-0.3, -0.25) is 0 Å². The molecule has 0 rings (SSSR count). The number of esters is 1. The summed E-state index contributed by atoms with van der Waals surface area (Å²) in [5, 5.41) is 3.37. The SMILES string of the molecule is CCOC(=O)COCCNC(C)CN(CC)CC. The molecule has 0 aliphatic carbocycles. The summed E-state index contributed by atoms with van der Waals surface area (Å²) >= 11 is 0. The molecule has 0 heterocycles. The van der Waals surface area contributed by atoms with Crippen LogP contribution in [0.3, 0.4) is 0 Å². The minimum absolute atomic E-state index is 0.0416. The molecular weight excluding hydrogens is 232 g/mol. The van der Waals surface area contributed by atoms with Gasteiger partial charge in [-0.2, -0.15) is 0 Å². The molecule has 0 aromatic heterocycles. The summed E-state index contributed by atoms with van der Waals surface area (Å²) in [6.07, 6.45) is 0. The minimum Gasteiger partial charge on any atom is -0.464 e. The van der Waals surface area contributed by atoms with Crippen molar-refractivity contribution >= 4 is 5.97 Å². The average molecular weight is 260 g/mol. The molecule has 1 atom stereocenters. The van der Waals surface area contributed by atoms with E-state index in [1.165, 1.54) is 0 Å². The van der Waals surface area contributed by atoms with E-state index < -0.39 is 0 Å². The number of hydrogen-bond donors (Lipinski definition) is 1. The first-order valence-electron chi connectivity index (χ1n) is 6.83. The molecule has 0 saturated carbocycles. The molecule has 0 bridgehead atoms. The topological polar surface area (TPSA) is 50.8 Å². The average Bonchev–Trinajstić information content (AvgIpc) is 2.35. The van der Waals surface area contributed by atoms with Gasteiger partial charge in [0, 0.05) is 19.1 Å². The fraction of sp³-hybridized carbons (Fsp3) is 0.923. The lowest BCUT2D eigenvalue weighted by Crippen LogP contribution is -2.40. The Balaban J connectivity index is 3.45. The predicted molar refractivity (Wildman–Crippen MR) is 72.7 cm³/mol. The molecule has 18 heavy (non-hydrogen) atoms. The van der Waals surface area contributed by atoms with E-state index in [4.69, 9.17) is 9.47 Å². The maximum absolute atomic E-state index is 11.0. The largest absolute Gasteiger partial charge is 0.464 e. The second-order valence-electron chi connectivity index (χ2n) is 4.20. The highest BCUT2D eigenvalue weighted by atomic mass is 16.6. The van der Waals surface area contributed by atoms with Gasteiger partial charge in [0.2, 0.25) is 0 Å². The van der Waals surface area contributed by atoms with Gasteiger partial charge < -0.3 is 19.7 Å². The van der Waals surface area contributed by atoms with E-state index in [-0.39, 0.29) is 12.6 Å². The van der Waals surface area contributed by atoms with Crippen molar-refractivity contribution in [3.05, 3.63) is 0 Å². The maximum atomic E-state index is 11.0. The van der Waals surface area contributed by atoms with Crippen LogP contribution in [-0.2, 0) is 14.3 Å². The molecule has 108 valence electrons. The third-order valence-corrected chi connectivity index (χ3v) is 2.69. The standard InChI is InChI=1S/C13H28N2O3/c1-5-15(6-2)10-12(4)14-8-9-17-11-13(16)18-7-3/h12,14H,5-11H2,1-4H3. The highest BCUT2D eigenvalue weighted by Crippen LogP contribution is 1.91. The van der Waals surface area contributed by atoms with Gasteiger partial charge in [0.25, 0.3) is 0 Å². The Morgan fingerprint density at radius 3 is 2.50 bits per heavy atom. The van der Waals surface area contributed by atoms with Crippen molar-refractivity contribution in [2.45, 2.75) is 33.7 Å². The normalized spacial score (nSPS) is 12.7. The van der Waals surface area contributed by atoms with Crippen molar-refractivity contribution in [3.63, 3.8) is 0 Å². The summed E-state index contributed by atoms with van der Waals surface area (Å²) in [6, 6.07) is 0.427. The highest BCUT2D eigenvalue weighted by Gasteiger charge is 2.06. The van der Waals surface area contributed by atoms with Crippen LogP contribution in [-0.4, -0.2) is 62.9 Å². The summed E-state index contributed by atoms with van der Waals surface area (Å²) in [4.78, 5) is 13.4. The lowest BCUT2D eigenvalue weighted by Gasteiger charge is -2.23. The highest BCUT2D eigenvalue weighted by molar-refractivity contribution is 5.70. The minimum atomic E-state index is -0.298. The van der Waals surface area contributed by atoms with E-state index in [0.717, 1.165) is 26.2 Å². The molecule has 0 amide bonds. The van der Waals surface area contributed by atoms with E-state index in [2.05, 4.69) is 31.0 Å². The monoisotopic (exact) mass is 260 g/mol. The van der Waals surface area contributed by atoms with Crippen LogP contribution < -0.4 is 5.32 Å². The lowest BCUT2D eigenvalue weighted by molar-refractivity contribution is -0.148. The summed E-state index contributed by atoms with van der Waals surface area (Å²) in [5.74, 6) is -0.298. The number of carbonyl (C=O) groups is 1. The zero-order valence-electron chi connectivity index (χ0n) is 12.2. The summed E-state index contributed by atoms with van der Waals surface area (Å²) in [6.45, 7) is 13.2. The number of rotatable bonds is 11. The first kappa shape index (κ1) is 17.4. The predicted octanol–water partition coefficient (Wildman–Crippen LogP) is 0.886. The van der Waals surface area contributed by atoms with Crippen LogP contribution in [0.5, 0.6) is 0 Å². The molecule has 5 nitrogen and oxygen atoms in total. The molecule has 5 heteroatoms. The molecular formula is C13H28N2O3. The molecule has 0 aromatic rings. The van der Waals surface area contributed by atoms with Crippen molar-refractivity contribution in [2.75, 3.05) is 46.0 Å². The molecule has 1 unspecified atom stereocenters. The van der Waals surface area contributed by atoms with Crippen LogP contribution in [0.15, 0.2) is 0 Å². The van der Waals surface area contributed by atoms with Crippen LogP contribution in [0.25, 0.3) is 0 Å². The van der Waals surface area contributed by atoms with Gasteiger partial charge >= 0.3 is 5.97 Å². The van der Waals surface area contributed by atoms with Crippen LogP contribution >= 0.6 is 0 Å². The Hall–Kier alpha value is -0.650. The molecule has 0 aliphatic rings. The Morgan fingerprint density at radius 1 is 1.28 bits per heavy atom. The maximum Gasteiger partial charge on any atom is 0.332 e. The zero-order chi connectivity index (χ0) is 13.8. The van der Waals surface area contributed by atoms with E-state index in [0.29, 0.717) is 19.3 Å². The molecule has 0 aliphatic heterocycles. The molecule has 0 spiro atoms. The Kier molecular flexibility index (Phi) is 11.0. The number of nitrogens with zero attached hydrogens (tertiary/aromatic N) is 1. The fourth-order valence-electron chi connectivity index (χ4n) is 1.67. The number of ether oxygens (including phenoxy) is 2. The second kappa shape index (κ2) is 11.4. The van der Waals surface area contributed by atoms with Crippen LogP contribution in [0.2, 0.25) is 0 Å². The first-order chi connectivity index (χ1) is 8.63.